The second-order valence-corrected chi connectivity index (χ2v) is 12.0. The summed E-state index contributed by atoms with van der Waals surface area (Å²) in [7, 11) is 3.55. The van der Waals surface area contributed by atoms with Crippen molar-refractivity contribution < 1.29 is 24.9 Å². The van der Waals surface area contributed by atoms with Crippen molar-refractivity contribution in [1.82, 2.24) is 4.90 Å². The lowest BCUT2D eigenvalue weighted by atomic mass is 9.64. The molecule has 2 aromatic carbocycles. The summed E-state index contributed by atoms with van der Waals surface area (Å²) in [6.07, 6.45) is 6.75. The van der Waals surface area contributed by atoms with Gasteiger partial charge in [0.25, 0.3) is 0 Å². The summed E-state index contributed by atoms with van der Waals surface area (Å²) in [5.74, 6) is 0.627. The normalized spacial score (nSPS) is 27.6. The fraction of sp³-hybridized carbons (Fsp3) is 0.545. The van der Waals surface area contributed by atoms with E-state index in [1.807, 2.05) is 24.1 Å². The van der Waals surface area contributed by atoms with Gasteiger partial charge >= 0.3 is 0 Å². The van der Waals surface area contributed by atoms with E-state index in [1.54, 1.807) is 31.4 Å². The van der Waals surface area contributed by atoms with E-state index >= 15 is 0 Å². The quantitative estimate of drug-likeness (QED) is 0.346. The fourth-order valence-electron chi connectivity index (χ4n) is 6.79. The van der Waals surface area contributed by atoms with Gasteiger partial charge in [0.15, 0.2) is 5.78 Å². The van der Waals surface area contributed by atoms with Gasteiger partial charge in [0.2, 0.25) is 0 Å². The number of ether oxygens (including phenoxy) is 1. The first-order valence-electron chi connectivity index (χ1n) is 14.3. The van der Waals surface area contributed by atoms with Crippen LogP contribution in [0.5, 0.6) is 5.75 Å². The van der Waals surface area contributed by atoms with Gasteiger partial charge in [-0.25, -0.2) is 0 Å². The minimum Gasteiger partial charge on any atom is -0.497 e. The van der Waals surface area contributed by atoms with Crippen LogP contribution in [0, 0.1) is 5.41 Å². The Kier molecular flexibility index (Phi) is 9.33. The van der Waals surface area contributed by atoms with Crippen molar-refractivity contribution in [3.63, 3.8) is 0 Å². The molecule has 0 radical (unpaired) electrons. The first-order valence-corrected chi connectivity index (χ1v) is 14.3. The maximum Gasteiger partial charge on any atom is 0.193 e. The van der Waals surface area contributed by atoms with Crippen LogP contribution in [0.1, 0.15) is 85.3 Å². The van der Waals surface area contributed by atoms with Crippen LogP contribution in [0.4, 0.5) is 0 Å². The number of allylic oxidation sites excluding steroid dienone is 2. The van der Waals surface area contributed by atoms with Gasteiger partial charge in [-0.05, 0) is 106 Å². The van der Waals surface area contributed by atoms with Gasteiger partial charge in [0.05, 0.1) is 25.4 Å². The zero-order chi connectivity index (χ0) is 28.2. The summed E-state index contributed by atoms with van der Waals surface area (Å²) in [5, 5.41) is 32.5. The number of carbonyl (C=O) groups is 1. The lowest BCUT2D eigenvalue weighted by molar-refractivity contribution is -0.0810. The molecule has 6 heteroatoms. The van der Waals surface area contributed by atoms with Gasteiger partial charge in [0, 0.05) is 29.6 Å². The van der Waals surface area contributed by atoms with Crippen molar-refractivity contribution in [2.45, 2.75) is 76.4 Å². The van der Waals surface area contributed by atoms with Gasteiger partial charge in [-0.2, -0.15) is 0 Å². The second-order valence-electron chi connectivity index (χ2n) is 12.0. The van der Waals surface area contributed by atoms with Crippen LogP contribution in [-0.4, -0.2) is 71.6 Å². The molecule has 0 heterocycles. The molecule has 3 N–H and O–H groups in total. The molecule has 0 amide bonds. The minimum atomic E-state index is -0.963. The molecule has 6 nitrogen and oxygen atoms in total. The number of nitrogens with zero attached hydrogens (tertiary/aromatic N) is 1. The van der Waals surface area contributed by atoms with E-state index in [0.717, 1.165) is 36.8 Å². The van der Waals surface area contributed by atoms with E-state index in [2.05, 4.69) is 26.0 Å². The third kappa shape index (κ3) is 6.30. The van der Waals surface area contributed by atoms with E-state index in [1.165, 1.54) is 5.57 Å². The van der Waals surface area contributed by atoms with Gasteiger partial charge < -0.3 is 25.0 Å². The number of fused-ring (bicyclic) bond motifs is 8. The average Bonchev–Trinajstić information content (AvgIpc) is 3.16. The smallest absolute Gasteiger partial charge is 0.193 e. The van der Waals surface area contributed by atoms with Crippen molar-refractivity contribution in [3.8, 4) is 5.75 Å². The number of carbonyl (C=O) groups excluding carboxylic acids is 1. The molecule has 39 heavy (non-hydrogen) atoms. The van der Waals surface area contributed by atoms with Crippen LogP contribution in [-0.2, 0) is 6.42 Å². The fourth-order valence-corrected chi connectivity index (χ4v) is 6.79. The Morgan fingerprint density at radius 3 is 2.56 bits per heavy atom. The number of aliphatic hydroxyl groups is 3. The molecule has 1 fully saturated rings. The third-order valence-electron chi connectivity index (χ3n) is 9.28. The second kappa shape index (κ2) is 12.3. The average molecular weight is 536 g/mol. The van der Waals surface area contributed by atoms with Crippen LogP contribution < -0.4 is 4.74 Å². The predicted octanol–water partition coefficient (Wildman–Crippen LogP) is 4.89. The number of hydrogen-bond acceptors (Lipinski definition) is 6. The Labute approximate surface area is 233 Å². The van der Waals surface area contributed by atoms with Crippen molar-refractivity contribution in [2.75, 3.05) is 33.9 Å². The van der Waals surface area contributed by atoms with E-state index in [-0.39, 0.29) is 18.3 Å². The number of ketones is 1. The number of rotatable bonds is 7. The van der Waals surface area contributed by atoms with E-state index in [0.29, 0.717) is 49.2 Å². The van der Waals surface area contributed by atoms with Gasteiger partial charge in [-0.3, -0.25) is 4.79 Å². The Morgan fingerprint density at radius 2 is 1.87 bits per heavy atom. The summed E-state index contributed by atoms with van der Waals surface area (Å²) in [6.45, 7) is 5.32. The van der Waals surface area contributed by atoms with Crippen LogP contribution in [0.3, 0.4) is 0 Å². The van der Waals surface area contributed by atoms with E-state index in [9.17, 15) is 20.1 Å². The molecule has 0 unspecified atom stereocenters. The van der Waals surface area contributed by atoms with Gasteiger partial charge in [-0.15, -0.1) is 0 Å². The lowest BCUT2D eigenvalue weighted by Crippen LogP contribution is -2.52. The highest BCUT2D eigenvalue weighted by Gasteiger charge is 2.57. The Morgan fingerprint density at radius 1 is 1.13 bits per heavy atom. The molecule has 3 aliphatic carbocycles. The molecule has 0 spiro atoms. The molecular weight excluding hydrogens is 490 g/mol. The number of aliphatic hydroxyl groups excluding tert-OH is 2. The van der Waals surface area contributed by atoms with Gasteiger partial charge in [-0.1, -0.05) is 30.7 Å². The predicted molar refractivity (Wildman–Crippen MR) is 154 cm³/mol. The van der Waals surface area contributed by atoms with E-state index < -0.39 is 17.1 Å². The van der Waals surface area contributed by atoms with Crippen molar-refractivity contribution in [3.05, 3.63) is 76.4 Å². The highest BCUT2D eigenvalue weighted by atomic mass is 16.5. The minimum absolute atomic E-state index is 0.0159. The Balaban J connectivity index is 1.82. The summed E-state index contributed by atoms with van der Waals surface area (Å²) in [6, 6.07) is 13.3. The first-order chi connectivity index (χ1) is 18.6. The number of benzene rings is 2. The molecule has 5 rings (SSSR count). The van der Waals surface area contributed by atoms with Crippen LogP contribution in [0.25, 0.3) is 0 Å². The maximum absolute atomic E-state index is 14.0. The van der Waals surface area contributed by atoms with Crippen molar-refractivity contribution in [1.29, 1.82) is 0 Å². The summed E-state index contributed by atoms with van der Waals surface area (Å²) in [4.78, 5) is 16.0. The Bertz CT molecular complexity index is 1180. The SMILES string of the molecule is COc1ccc(C(=O)c2cc3ccc2[C@@H]2CC[C@@](O)(CN(C)CCO)[C@@]2(C)CCC=C(C)CC[C@H](O)C3)cc1. The van der Waals surface area contributed by atoms with Crippen LogP contribution in [0.15, 0.2) is 54.1 Å². The molecular formula is C33H45NO5. The zero-order valence-electron chi connectivity index (χ0n) is 23.9. The molecule has 1 saturated carbocycles. The molecule has 2 aromatic rings. The summed E-state index contributed by atoms with van der Waals surface area (Å²) < 4.78 is 5.29. The zero-order valence-corrected chi connectivity index (χ0v) is 23.9. The van der Waals surface area contributed by atoms with E-state index in [4.69, 9.17) is 4.74 Å². The lowest BCUT2D eigenvalue weighted by Gasteiger charge is -2.45. The molecule has 2 bridgehead atoms. The molecule has 0 aliphatic heterocycles. The number of methoxy groups -OCH3 is 1. The molecule has 3 aliphatic rings. The third-order valence-corrected chi connectivity index (χ3v) is 9.28. The highest BCUT2D eigenvalue weighted by molar-refractivity contribution is 6.10. The monoisotopic (exact) mass is 535 g/mol. The summed E-state index contributed by atoms with van der Waals surface area (Å²) in [5.41, 5.74) is 2.97. The standard InChI is InChI=1S/C33H45NO5/c1-23-6-5-16-32(2)30(15-17-33(32,38)22-34(3)18-19-35)28-14-8-24(20-26(36)11-7-23)21-29(28)31(37)25-9-12-27(39-4)13-10-25/h6,8-10,12-14,21,26,30,35-36,38H,5,7,11,15-20,22H2,1-4H3/t26-,30-,32-,33+/m0/s1. The van der Waals surface area contributed by atoms with Gasteiger partial charge in [0.1, 0.15) is 5.75 Å². The molecule has 0 aromatic heterocycles. The van der Waals surface area contributed by atoms with Crippen LogP contribution in [0.2, 0.25) is 0 Å². The summed E-state index contributed by atoms with van der Waals surface area (Å²) >= 11 is 0. The molecule has 0 saturated heterocycles. The maximum atomic E-state index is 14.0. The number of likely N-dealkylation sites (N-methyl/N-ethyl adjacent to an activating group) is 1. The largest absolute Gasteiger partial charge is 0.497 e. The highest BCUT2D eigenvalue weighted by Crippen LogP contribution is 2.58. The first kappa shape index (κ1) is 29.5. The van der Waals surface area contributed by atoms with Crippen molar-refractivity contribution in [2.24, 2.45) is 5.41 Å². The Hall–Kier alpha value is -2.51. The topological polar surface area (TPSA) is 90.2 Å². The van der Waals surface area contributed by atoms with Crippen LogP contribution >= 0.6 is 0 Å². The molecule has 212 valence electrons. The molecule has 4 atom stereocenters. The number of hydrogen-bond donors (Lipinski definition) is 3. The van der Waals surface area contributed by atoms with Crippen molar-refractivity contribution >= 4 is 5.78 Å².